The van der Waals surface area contributed by atoms with Crippen molar-refractivity contribution in [1.29, 1.82) is 0 Å². The summed E-state index contributed by atoms with van der Waals surface area (Å²) in [6, 6.07) is 1.11. The molecule has 2 unspecified atom stereocenters. The van der Waals surface area contributed by atoms with E-state index in [1.165, 1.54) is 25.7 Å². The molecule has 0 aromatic rings. The Morgan fingerprint density at radius 2 is 2.19 bits per heavy atom. The highest BCUT2D eigenvalue weighted by atomic mass is 16.2. The number of hydrogen-bond acceptors (Lipinski definition) is 2. The lowest BCUT2D eigenvalue weighted by molar-refractivity contribution is -0.136. The Labute approximate surface area is 98.6 Å². The molecule has 1 amide bonds. The Bertz CT molecular complexity index is 244. The van der Waals surface area contributed by atoms with Crippen molar-refractivity contribution in [2.75, 3.05) is 13.1 Å². The molecule has 2 aliphatic rings. The van der Waals surface area contributed by atoms with E-state index in [1.807, 2.05) is 0 Å². The van der Waals surface area contributed by atoms with Gasteiger partial charge in [-0.15, -0.1) is 0 Å². The lowest BCUT2D eigenvalue weighted by atomic mass is 10.1. The molecule has 1 N–H and O–H groups in total. The molecular weight excluding hydrogens is 200 g/mol. The molecule has 1 aliphatic heterocycles. The monoisotopic (exact) mass is 224 g/mol. The van der Waals surface area contributed by atoms with Gasteiger partial charge in [0.25, 0.3) is 0 Å². The lowest BCUT2D eigenvalue weighted by Crippen LogP contribution is -2.44. The minimum absolute atomic E-state index is 0.196. The van der Waals surface area contributed by atoms with Gasteiger partial charge in [-0.25, -0.2) is 0 Å². The third-order valence-corrected chi connectivity index (χ3v) is 3.88. The van der Waals surface area contributed by atoms with Crippen molar-refractivity contribution in [1.82, 2.24) is 10.2 Å². The van der Waals surface area contributed by atoms with Crippen molar-refractivity contribution in [2.45, 2.75) is 58.0 Å². The quantitative estimate of drug-likeness (QED) is 0.772. The standard InChI is InChI=1S/C13H24N2O/c1-3-10(2)13(16)15(12-6-7-12)9-11-5-4-8-14-11/h10-12,14H,3-9H2,1-2H3. The zero-order valence-electron chi connectivity index (χ0n) is 10.5. The average molecular weight is 224 g/mol. The first kappa shape index (κ1) is 11.9. The lowest BCUT2D eigenvalue weighted by Gasteiger charge is -2.28. The van der Waals surface area contributed by atoms with Gasteiger partial charge in [0.15, 0.2) is 0 Å². The topological polar surface area (TPSA) is 32.3 Å². The van der Waals surface area contributed by atoms with Gasteiger partial charge in [-0.2, -0.15) is 0 Å². The van der Waals surface area contributed by atoms with Gasteiger partial charge in [0.1, 0.15) is 0 Å². The van der Waals surface area contributed by atoms with E-state index < -0.39 is 0 Å². The van der Waals surface area contributed by atoms with Crippen molar-refractivity contribution in [3.8, 4) is 0 Å². The molecule has 3 heteroatoms. The Kier molecular flexibility index (Phi) is 3.85. The summed E-state index contributed by atoms with van der Waals surface area (Å²) in [5, 5.41) is 3.49. The predicted octanol–water partition coefficient (Wildman–Crippen LogP) is 1.78. The van der Waals surface area contributed by atoms with Crippen molar-refractivity contribution in [2.24, 2.45) is 5.92 Å². The van der Waals surface area contributed by atoms with Gasteiger partial charge in [-0.1, -0.05) is 13.8 Å². The van der Waals surface area contributed by atoms with Crippen LogP contribution in [-0.2, 0) is 4.79 Å². The molecule has 92 valence electrons. The molecule has 1 aliphatic carbocycles. The molecule has 1 heterocycles. The van der Waals surface area contributed by atoms with Crippen LogP contribution in [0.3, 0.4) is 0 Å². The van der Waals surface area contributed by atoms with Gasteiger partial charge in [0, 0.05) is 24.5 Å². The predicted molar refractivity (Wildman–Crippen MR) is 65.2 cm³/mol. The minimum Gasteiger partial charge on any atom is -0.338 e. The maximum Gasteiger partial charge on any atom is 0.225 e. The van der Waals surface area contributed by atoms with E-state index in [0.717, 1.165) is 19.5 Å². The second kappa shape index (κ2) is 5.17. The van der Waals surface area contributed by atoms with Gasteiger partial charge >= 0.3 is 0 Å². The van der Waals surface area contributed by atoms with Gasteiger partial charge in [-0.3, -0.25) is 4.79 Å². The summed E-state index contributed by atoms with van der Waals surface area (Å²) in [6.07, 6.45) is 5.89. The second-order valence-electron chi connectivity index (χ2n) is 5.32. The zero-order chi connectivity index (χ0) is 11.5. The third kappa shape index (κ3) is 2.76. The van der Waals surface area contributed by atoms with E-state index >= 15 is 0 Å². The third-order valence-electron chi connectivity index (χ3n) is 3.88. The molecule has 2 atom stereocenters. The van der Waals surface area contributed by atoms with Gasteiger partial charge in [0.2, 0.25) is 5.91 Å². The van der Waals surface area contributed by atoms with Crippen LogP contribution >= 0.6 is 0 Å². The maximum atomic E-state index is 12.2. The second-order valence-corrected chi connectivity index (χ2v) is 5.32. The summed E-state index contributed by atoms with van der Waals surface area (Å²) in [6.45, 7) is 6.22. The maximum absolute atomic E-state index is 12.2. The molecule has 0 aromatic carbocycles. The van der Waals surface area contributed by atoms with E-state index in [4.69, 9.17) is 0 Å². The van der Waals surface area contributed by atoms with Crippen LogP contribution in [0.4, 0.5) is 0 Å². The largest absolute Gasteiger partial charge is 0.338 e. The van der Waals surface area contributed by atoms with Gasteiger partial charge in [0.05, 0.1) is 0 Å². The van der Waals surface area contributed by atoms with Crippen molar-refractivity contribution in [3.05, 3.63) is 0 Å². The smallest absolute Gasteiger partial charge is 0.225 e. The van der Waals surface area contributed by atoms with Crippen LogP contribution in [0.2, 0.25) is 0 Å². The first-order valence-electron chi connectivity index (χ1n) is 6.76. The van der Waals surface area contributed by atoms with Crippen LogP contribution in [0, 0.1) is 5.92 Å². The summed E-state index contributed by atoms with van der Waals surface area (Å²) >= 11 is 0. The number of nitrogens with one attached hydrogen (secondary N) is 1. The highest BCUT2D eigenvalue weighted by molar-refractivity contribution is 5.79. The summed E-state index contributed by atoms with van der Waals surface area (Å²) in [5.41, 5.74) is 0. The van der Waals surface area contributed by atoms with Crippen LogP contribution in [0.25, 0.3) is 0 Å². The fourth-order valence-corrected chi connectivity index (χ4v) is 2.41. The molecule has 0 radical (unpaired) electrons. The molecule has 1 saturated carbocycles. The van der Waals surface area contributed by atoms with Crippen LogP contribution in [0.5, 0.6) is 0 Å². The Morgan fingerprint density at radius 3 is 2.69 bits per heavy atom. The van der Waals surface area contributed by atoms with Crippen LogP contribution in [0.1, 0.15) is 46.0 Å². The summed E-state index contributed by atoms with van der Waals surface area (Å²) in [4.78, 5) is 14.4. The Hall–Kier alpha value is -0.570. The Morgan fingerprint density at radius 1 is 1.44 bits per heavy atom. The molecule has 16 heavy (non-hydrogen) atoms. The molecule has 0 bridgehead atoms. The number of hydrogen-bond donors (Lipinski definition) is 1. The Balaban J connectivity index is 1.91. The highest BCUT2D eigenvalue weighted by Crippen LogP contribution is 2.29. The molecule has 1 saturated heterocycles. The SMILES string of the molecule is CCC(C)C(=O)N(CC1CCCN1)C1CC1. The van der Waals surface area contributed by atoms with Crippen LogP contribution < -0.4 is 5.32 Å². The molecule has 3 nitrogen and oxygen atoms in total. The van der Waals surface area contributed by atoms with E-state index in [-0.39, 0.29) is 5.92 Å². The minimum atomic E-state index is 0.196. The number of nitrogens with zero attached hydrogens (tertiary/aromatic N) is 1. The fraction of sp³-hybridized carbons (Fsp3) is 0.923. The van der Waals surface area contributed by atoms with E-state index in [9.17, 15) is 4.79 Å². The van der Waals surface area contributed by atoms with Crippen molar-refractivity contribution < 1.29 is 4.79 Å². The number of carbonyl (C=O) groups is 1. The zero-order valence-corrected chi connectivity index (χ0v) is 10.5. The van der Waals surface area contributed by atoms with Crippen molar-refractivity contribution in [3.63, 3.8) is 0 Å². The fourth-order valence-electron chi connectivity index (χ4n) is 2.41. The first-order valence-corrected chi connectivity index (χ1v) is 6.76. The van der Waals surface area contributed by atoms with Gasteiger partial charge in [-0.05, 0) is 38.6 Å². The summed E-state index contributed by atoms with van der Waals surface area (Å²) in [5.74, 6) is 0.570. The molecule has 2 fully saturated rings. The van der Waals surface area contributed by atoms with Crippen LogP contribution in [-0.4, -0.2) is 36.0 Å². The first-order chi connectivity index (χ1) is 7.72. The molecular formula is C13H24N2O. The molecule has 2 rings (SSSR count). The van der Waals surface area contributed by atoms with E-state index in [2.05, 4.69) is 24.1 Å². The van der Waals surface area contributed by atoms with Crippen LogP contribution in [0.15, 0.2) is 0 Å². The molecule has 0 aromatic heterocycles. The average Bonchev–Trinajstić information content (AvgIpc) is 3.01. The summed E-state index contributed by atoms with van der Waals surface area (Å²) in [7, 11) is 0. The van der Waals surface area contributed by atoms with E-state index in [0.29, 0.717) is 18.0 Å². The number of amides is 1. The van der Waals surface area contributed by atoms with E-state index in [1.54, 1.807) is 0 Å². The summed E-state index contributed by atoms with van der Waals surface area (Å²) < 4.78 is 0. The molecule has 0 spiro atoms. The number of rotatable bonds is 5. The van der Waals surface area contributed by atoms with Crippen molar-refractivity contribution >= 4 is 5.91 Å². The highest BCUT2D eigenvalue weighted by Gasteiger charge is 2.35. The van der Waals surface area contributed by atoms with Gasteiger partial charge < -0.3 is 10.2 Å². The normalized spacial score (nSPS) is 26.8. The number of carbonyl (C=O) groups excluding carboxylic acids is 1.